The molecule has 1 heterocycles. The standard InChI is InChI=1S/C11H14N2O3/c1-8(11(15)16)7-13(2)10(14)9-4-3-5-12-6-9/h3-6,8H,7H2,1-2H3,(H,15,16). The largest absolute Gasteiger partial charge is 0.481 e. The molecule has 0 aliphatic heterocycles. The minimum Gasteiger partial charge on any atom is -0.481 e. The third-order valence-electron chi connectivity index (χ3n) is 2.22. The predicted molar refractivity (Wildman–Crippen MR) is 58.0 cm³/mol. The number of nitrogens with zero attached hydrogens (tertiary/aromatic N) is 2. The van der Waals surface area contributed by atoms with E-state index in [2.05, 4.69) is 4.98 Å². The molecule has 5 heteroatoms. The van der Waals surface area contributed by atoms with Crippen LogP contribution in [0.1, 0.15) is 17.3 Å². The Hall–Kier alpha value is -1.91. The van der Waals surface area contributed by atoms with Crippen LogP contribution in [0.3, 0.4) is 0 Å². The van der Waals surface area contributed by atoms with Gasteiger partial charge in [-0.05, 0) is 12.1 Å². The summed E-state index contributed by atoms with van der Waals surface area (Å²) in [6.45, 7) is 1.75. The van der Waals surface area contributed by atoms with Gasteiger partial charge >= 0.3 is 5.97 Å². The zero-order valence-corrected chi connectivity index (χ0v) is 9.25. The number of carboxylic acids is 1. The van der Waals surface area contributed by atoms with Crippen LogP contribution in [0.4, 0.5) is 0 Å². The summed E-state index contributed by atoms with van der Waals surface area (Å²) in [4.78, 5) is 27.7. The molecule has 0 aliphatic rings. The van der Waals surface area contributed by atoms with Crippen LogP contribution in [0.15, 0.2) is 24.5 Å². The Balaban J connectivity index is 2.65. The van der Waals surface area contributed by atoms with Crippen molar-refractivity contribution < 1.29 is 14.7 Å². The molecule has 86 valence electrons. The highest BCUT2D eigenvalue weighted by Crippen LogP contribution is 2.04. The van der Waals surface area contributed by atoms with Crippen LogP contribution in [0, 0.1) is 5.92 Å². The van der Waals surface area contributed by atoms with E-state index in [9.17, 15) is 9.59 Å². The van der Waals surface area contributed by atoms with Crippen LogP contribution < -0.4 is 0 Å². The highest BCUT2D eigenvalue weighted by atomic mass is 16.4. The molecule has 1 aromatic rings. The van der Waals surface area contributed by atoms with Gasteiger partial charge in [-0.2, -0.15) is 0 Å². The van der Waals surface area contributed by atoms with Crippen LogP contribution in [0.2, 0.25) is 0 Å². The lowest BCUT2D eigenvalue weighted by atomic mass is 10.1. The third kappa shape index (κ3) is 3.05. The summed E-state index contributed by atoms with van der Waals surface area (Å²) in [7, 11) is 1.58. The van der Waals surface area contributed by atoms with E-state index >= 15 is 0 Å². The molecule has 0 fully saturated rings. The van der Waals surface area contributed by atoms with Crippen LogP contribution in [0.25, 0.3) is 0 Å². The molecule has 0 saturated carbocycles. The Labute approximate surface area is 93.7 Å². The number of hydrogen-bond acceptors (Lipinski definition) is 3. The third-order valence-corrected chi connectivity index (χ3v) is 2.22. The second kappa shape index (κ2) is 5.25. The molecule has 0 saturated heterocycles. The summed E-state index contributed by atoms with van der Waals surface area (Å²) < 4.78 is 0. The smallest absolute Gasteiger partial charge is 0.308 e. The van der Waals surface area contributed by atoms with Gasteiger partial charge in [0.2, 0.25) is 0 Å². The van der Waals surface area contributed by atoms with E-state index in [0.717, 1.165) is 0 Å². The lowest BCUT2D eigenvalue weighted by Gasteiger charge is -2.19. The van der Waals surface area contributed by atoms with Gasteiger partial charge in [0.15, 0.2) is 0 Å². The van der Waals surface area contributed by atoms with E-state index in [4.69, 9.17) is 5.11 Å². The normalized spacial score (nSPS) is 11.9. The first-order valence-electron chi connectivity index (χ1n) is 4.90. The number of pyridine rings is 1. The van der Waals surface area contributed by atoms with Crippen molar-refractivity contribution in [3.05, 3.63) is 30.1 Å². The van der Waals surface area contributed by atoms with Gasteiger partial charge in [0, 0.05) is 26.0 Å². The van der Waals surface area contributed by atoms with E-state index in [1.54, 1.807) is 32.3 Å². The van der Waals surface area contributed by atoms with Crippen LogP contribution in [-0.2, 0) is 4.79 Å². The average Bonchev–Trinajstić information content (AvgIpc) is 2.28. The molecule has 16 heavy (non-hydrogen) atoms. The summed E-state index contributed by atoms with van der Waals surface area (Å²) >= 11 is 0. The number of hydrogen-bond donors (Lipinski definition) is 1. The van der Waals surface area contributed by atoms with Crippen LogP contribution >= 0.6 is 0 Å². The van der Waals surface area contributed by atoms with Crippen LogP contribution in [-0.4, -0.2) is 40.5 Å². The quantitative estimate of drug-likeness (QED) is 0.820. The van der Waals surface area contributed by atoms with Crippen molar-refractivity contribution in [1.82, 2.24) is 9.88 Å². The highest BCUT2D eigenvalue weighted by Gasteiger charge is 2.18. The molecular weight excluding hydrogens is 208 g/mol. The van der Waals surface area contributed by atoms with E-state index in [1.807, 2.05) is 0 Å². The molecule has 1 N–H and O–H groups in total. The van der Waals surface area contributed by atoms with Crippen molar-refractivity contribution >= 4 is 11.9 Å². The summed E-state index contributed by atoms with van der Waals surface area (Å²) in [5.41, 5.74) is 0.461. The van der Waals surface area contributed by atoms with Crippen molar-refractivity contribution in [2.75, 3.05) is 13.6 Å². The fourth-order valence-corrected chi connectivity index (χ4v) is 1.28. The van der Waals surface area contributed by atoms with E-state index in [1.165, 1.54) is 11.1 Å². The summed E-state index contributed by atoms with van der Waals surface area (Å²) in [5.74, 6) is -1.71. The Morgan fingerprint density at radius 3 is 2.75 bits per heavy atom. The SMILES string of the molecule is CC(CN(C)C(=O)c1cccnc1)C(=O)O. The first-order chi connectivity index (χ1) is 7.52. The van der Waals surface area contributed by atoms with Crippen LogP contribution in [0.5, 0.6) is 0 Å². The Kier molecular flexibility index (Phi) is 3.99. The molecular formula is C11H14N2O3. The highest BCUT2D eigenvalue weighted by molar-refractivity contribution is 5.93. The molecule has 1 rings (SSSR count). The number of rotatable bonds is 4. The number of carboxylic acid groups (broad SMARTS) is 1. The Morgan fingerprint density at radius 2 is 2.25 bits per heavy atom. The number of aliphatic carboxylic acids is 1. The number of amides is 1. The number of aromatic nitrogens is 1. The molecule has 5 nitrogen and oxygen atoms in total. The second-order valence-corrected chi connectivity index (χ2v) is 3.67. The van der Waals surface area contributed by atoms with E-state index in [-0.39, 0.29) is 12.5 Å². The first kappa shape index (κ1) is 12.2. The Bertz CT molecular complexity index is 378. The van der Waals surface area contributed by atoms with Gasteiger partial charge in [0.1, 0.15) is 0 Å². The van der Waals surface area contributed by atoms with Crippen molar-refractivity contribution in [3.8, 4) is 0 Å². The summed E-state index contributed by atoms with van der Waals surface area (Å²) in [5, 5.41) is 8.73. The van der Waals surface area contributed by atoms with Gasteiger partial charge in [-0.15, -0.1) is 0 Å². The lowest BCUT2D eigenvalue weighted by molar-refractivity contribution is -0.141. The van der Waals surface area contributed by atoms with Gasteiger partial charge in [0.25, 0.3) is 5.91 Å². The molecule has 0 bridgehead atoms. The molecule has 1 atom stereocenters. The molecule has 0 spiro atoms. The maximum absolute atomic E-state index is 11.8. The van der Waals surface area contributed by atoms with Gasteiger partial charge < -0.3 is 10.0 Å². The second-order valence-electron chi connectivity index (χ2n) is 3.67. The fraction of sp³-hybridized carbons (Fsp3) is 0.364. The molecule has 0 aliphatic carbocycles. The van der Waals surface area contributed by atoms with Gasteiger partial charge in [0.05, 0.1) is 11.5 Å². The Morgan fingerprint density at radius 1 is 1.56 bits per heavy atom. The predicted octanol–water partition coefficient (Wildman–Crippen LogP) is 0.874. The average molecular weight is 222 g/mol. The molecule has 1 amide bonds. The number of carbonyl (C=O) groups excluding carboxylic acids is 1. The fourth-order valence-electron chi connectivity index (χ4n) is 1.28. The maximum Gasteiger partial charge on any atom is 0.308 e. The molecule has 0 radical (unpaired) electrons. The van der Waals surface area contributed by atoms with Gasteiger partial charge in [-0.25, -0.2) is 0 Å². The van der Waals surface area contributed by atoms with E-state index in [0.29, 0.717) is 5.56 Å². The zero-order chi connectivity index (χ0) is 12.1. The number of carbonyl (C=O) groups is 2. The lowest BCUT2D eigenvalue weighted by Crippen LogP contribution is -2.33. The molecule has 1 aromatic heterocycles. The topological polar surface area (TPSA) is 70.5 Å². The monoisotopic (exact) mass is 222 g/mol. The minimum absolute atomic E-state index is 0.184. The summed E-state index contributed by atoms with van der Waals surface area (Å²) in [6.07, 6.45) is 3.04. The first-order valence-corrected chi connectivity index (χ1v) is 4.90. The van der Waals surface area contributed by atoms with E-state index < -0.39 is 11.9 Å². The zero-order valence-electron chi connectivity index (χ0n) is 9.25. The summed E-state index contributed by atoms with van der Waals surface area (Å²) in [6, 6.07) is 3.32. The van der Waals surface area contributed by atoms with Crippen molar-refractivity contribution in [2.24, 2.45) is 5.92 Å². The molecule has 0 aromatic carbocycles. The van der Waals surface area contributed by atoms with Gasteiger partial charge in [-0.3, -0.25) is 14.6 Å². The molecule has 1 unspecified atom stereocenters. The van der Waals surface area contributed by atoms with Crippen molar-refractivity contribution in [3.63, 3.8) is 0 Å². The minimum atomic E-state index is -0.911. The van der Waals surface area contributed by atoms with Gasteiger partial charge in [-0.1, -0.05) is 6.92 Å². The van der Waals surface area contributed by atoms with Crippen molar-refractivity contribution in [2.45, 2.75) is 6.92 Å². The maximum atomic E-state index is 11.8. The van der Waals surface area contributed by atoms with Crippen molar-refractivity contribution in [1.29, 1.82) is 0 Å².